The average molecular weight is 424 g/mol. The molecule has 7 nitrogen and oxygen atoms in total. The van der Waals surface area contributed by atoms with Crippen LogP contribution in [0.2, 0.25) is 0 Å². The van der Waals surface area contributed by atoms with Gasteiger partial charge in [-0.25, -0.2) is 4.98 Å². The van der Waals surface area contributed by atoms with Crippen LogP contribution in [0, 0.1) is 0 Å². The summed E-state index contributed by atoms with van der Waals surface area (Å²) in [6, 6.07) is 11.5. The summed E-state index contributed by atoms with van der Waals surface area (Å²) < 4.78 is 5.19. The normalized spacial score (nSPS) is 13.8. The topological polar surface area (TPSA) is 80.2 Å². The number of hydrogen-bond donors (Lipinski definition) is 1. The predicted molar refractivity (Wildman–Crippen MR) is 118 cm³/mol. The Morgan fingerprint density at radius 2 is 1.90 bits per heavy atom. The number of carbonyl (C=O) groups excluding carboxylic acids is 1. The molecule has 30 heavy (non-hydrogen) atoms. The fraction of sp³-hybridized carbons (Fsp3) is 0.364. The van der Waals surface area contributed by atoms with Gasteiger partial charge in [0.15, 0.2) is 11.5 Å². The number of rotatable bonds is 7. The Kier molecular flexibility index (Phi) is 6.53. The molecule has 0 bridgehead atoms. The van der Waals surface area contributed by atoms with Crippen molar-refractivity contribution >= 4 is 23.1 Å². The maximum absolute atomic E-state index is 12.4. The zero-order chi connectivity index (χ0) is 20.8. The minimum absolute atomic E-state index is 0.210. The van der Waals surface area contributed by atoms with Crippen molar-refractivity contribution in [2.45, 2.75) is 25.7 Å². The van der Waals surface area contributed by atoms with Crippen LogP contribution in [0.4, 0.5) is 5.82 Å². The summed E-state index contributed by atoms with van der Waals surface area (Å²) in [4.78, 5) is 19.2. The molecule has 1 amide bonds. The molecule has 0 saturated carbocycles. The van der Waals surface area contributed by atoms with Gasteiger partial charge in [0.25, 0.3) is 5.91 Å². The van der Waals surface area contributed by atoms with Crippen LogP contribution in [0.15, 0.2) is 41.8 Å². The molecule has 1 aromatic carbocycles. The molecule has 0 spiro atoms. The number of benzene rings is 1. The molecule has 3 aromatic rings. The maximum Gasteiger partial charge on any atom is 0.271 e. The molecule has 1 saturated heterocycles. The Bertz CT molecular complexity index is 966. The summed E-state index contributed by atoms with van der Waals surface area (Å²) in [5.74, 6) is 1.46. The SMILES string of the molecule is COc1ccc(-c2nc(CCNC(=O)c3ccc(N4CCCCC4)nn3)cs2)cc1. The third-order valence-corrected chi connectivity index (χ3v) is 6.06. The van der Waals surface area contributed by atoms with Crippen LogP contribution in [0.3, 0.4) is 0 Å². The number of carbonyl (C=O) groups is 1. The van der Waals surface area contributed by atoms with E-state index >= 15 is 0 Å². The standard InChI is InChI=1S/C22H25N5O2S/c1-29-18-7-5-16(6-8-18)22-24-17(15-30-22)11-12-23-21(28)19-9-10-20(26-25-19)27-13-3-2-4-14-27/h5-10,15H,2-4,11-14H2,1H3,(H,23,28). The van der Waals surface area contributed by atoms with E-state index in [1.54, 1.807) is 24.5 Å². The van der Waals surface area contributed by atoms with Gasteiger partial charge in [-0.3, -0.25) is 4.79 Å². The molecular formula is C22H25N5O2S. The quantitative estimate of drug-likeness (QED) is 0.626. The third kappa shape index (κ3) is 4.94. The van der Waals surface area contributed by atoms with Crippen molar-refractivity contribution in [3.8, 4) is 16.3 Å². The summed E-state index contributed by atoms with van der Waals surface area (Å²) in [6.07, 6.45) is 4.30. The summed E-state index contributed by atoms with van der Waals surface area (Å²) >= 11 is 1.59. The lowest BCUT2D eigenvalue weighted by Gasteiger charge is -2.27. The largest absolute Gasteiger partial charge is 0.497 e. The molecule has 2 aromatic heterocycles. The van der Waals surface area contributed by atoms with Crippen LogP contribution < -0.4 is 15.0 Å². The fourth-order valence-electron chi connectivity index (χ4n) is 3.42. The van der Waals surface area contributed by atoms with Crippen molar-refractivity contribution in [3.05, 3.63) is 53.2 Å². The molecule has 0 unspecified atom stereocenters. The molecule has 0 aliphatic carbocycles. The van der Waals surface area contributed by atoms with Crippen molar-refractivity contribution in [1.82, 2.24) is 20.5 Å². The van der Waals surface area contributed by atoms with E-state index in [4.69, 9.17) is 4.74 Å². The van der Waals surface area contributed by atoms with Crippen molar-refractivity contribution in [2.75, 3.05) is 31.6 Å². The molecule has 1 N–H and O–H groups in total. The third-order valence-electron chi connectivity index (χ3n) is 5.12. The molecule has 3 heterocycles. The molecule has 1 aliphatic rings. The van der Waals surface area contributed by atoms with E-state index in [2.05, 4.69) is 25.4 Å². The average Bonchev–Trinajstić information content (AvgIpc) is 3.29. The number of ether oxygens (including phenoxy) is 1. The molecule has 0 radical (unpaired) electrons. The molecule has 1 aliphatic heterocycles. The Hall–Kier alpha value is -3.00. The Balaban J connectivity index is 1.27. The van der Waals surface area contributed by atoms with E-state index in [9.17, 15) is 4.79 Å². The number of nitrogens with one attached hydrogen (secondary N) is 1. The monoisotopic (exact) mass is 423 g/mol. The van der Waals surface area contributed by atoms with Gasteiger partial charge < -0.3 is 15.0 Å². The van der Waals surface area contributed by atoms with E-state index in [1.165, 1.54) is 19.3 Å². The number of thiazole rings is 1. The minimum Gasteiger partial charge on any atom is -0.497 e. The highest BCUT2D eigenvalue weighted by atomic mass is 32.1. The number of anilines is 1. The lowest BCUT2D eigenvalue weighted by molar-refractivity contribution is 0.0948. The Morgan fingerprint density at radius 3 is 2.60 bits per heavy atom. The summed E-state index contributed by atoms with van der Waals surface area (Å²) in [6.45, 7) is 2.51. The van der Waals surface area contributed by atoms with E-state index in [1.807, 2.05) is 35.7 Å². The Morgan fingerprint density at radius 1 is 1.10 bits per heavy atom. The molecule has 1 fully saturated rings. The number of aromatic nitrogens is 3. The highest BCUT2D eigenvalue weighted by Crippen LogP contribution is 2.25. The highest BCUT2D eigenvalue weighted by Gasteiger charge is 2.14. The lowest BCUT2D eigenvalue weighted by Crippen LogP contribution is -2.31. The predicted octanol–water partition coefficient (Wildman–Crippen LogP) is 3.57. The first-order valence-electron chi connectivity index (χ1n) is 10.2. The second-order valence-electron chi connectivity index (χ2n) is 7.20. The van der Waals surface area contributed by atoms with Crippen LogP contribution >= 0.6 is 11.3 Å². The first-order chi connectivity index (χ1) is 14.7. The zero-order valence-electron chi connectivity index (χ0n) is 17.0. The van der Waals surface area contributed by atoms with Crippen LogP contribution in [0.5, 0.6) is 5.75 Å². The second kappa shape index (κ2) is 9.67. The van der Waals surface area contributed by atoms with Gasteiger partial charge in [-0.2, -0.15) is 0 Å². The number of piperidine rings is 1. The molecular weight excluding hydrogens is 398 g/mol. The van der Waals surface area contributed by atoms with Gasteiger partial charge in [-0.05, 0) is 55.7 Å². The van der Waals surface area contributed by atoms with E-state index in [0.29, 0.717) is 18.7 Å². The number of amides is 1. The van der Waals surface area contributed by atoms with Gasteiger partial charge in [-0.15, -0.1) is 21.5 Å². The number of hydrogen-bond acceptors (Lipinski definition) is 7. The van der Waals surface area contributed by atoms with Gasteiger partial charge in [0.1, 0.15) is 10.8 Å². The van der Waals surface area contributed by atoms with Crippen molar-refractivity contribution in [2.24, 2.45) is 0 Å². The summed E-state index contributed by atoms with van der Waals surface area (Å²) in [5, 5.41) is 14.2. The molecule has 4 rings (SSSR count). The highest BCUT2D eigenvalue weighted by molar-refractivity contribution is 7.13. The first kappa shape index (κ1) is 20.3. The smallest absolute Gasteiger partial charge is 0.271 e. The molecule has 0 atom stereocenters. The van der Waals surface area contributed by atoms with Gasteiger partial charge in [0.2, 0.25) is 0 Å². The zero-order valence-corrected chi connectivity index (χ0v) is 17.8. The van der Waals surface area contributed by atoms with Crippen LogP contribution in [0.1, 0.15) is 35.4 Å². The van der Waals surface area contributed by atoms with Crippen molar-refractivity contribution in [1.29, 1.82) is 0 Å². The minimum atomic E-state index is -0.210. The van der Waals surface area contributed by atoms with Crippen molar-refractivity contribution in [3.63, 3.8) is 0 Å². The summed E-state index contributed by atoms with van der Waals surface area (Å²) in [5.41, 5.74) is 2.35. The number of methoxy groups -OCH3 is 1. The van der Waals surface area contributed by atoms with Gasteiger partial charge >= 0.3 is 0 Å². The Labute approximate surface area is 180 Å². The van der Waals surface area contributed by atoms with Crippen LogP contribution in [-0.2, 0) is 6.42 Å². The molecule has 156 valence electrons. The maximum atomic E-state index is 12.4. The fourth-order valence-corrected chi connectivity index (χ4v) is 4.28. The molecule has 8 heteroatoms. The number of nitrogens with zero attached hydrogens (tertiary/aromatic N) is 4. The van der Waals surface area contributed by atoms with E-state index < -0.39 is 0 Å². The van der Waals surface area contributed by atoms with Gasteiger partial charge in [0, 0.05) is 37.0 Å². The van der Waals surface area contributed by atoms with Crippen molar-refractivity contribution < 1.29 is 9.53 Å². The summed E-state index contributed by atoms with van der Waals surface area (Å²) in [7, 11) is 1.65. The van der Waals surface area contributed by atoms with Gasteiger partial charge in [-0.1, -0.05) is 0 Å². The second-order valence-corrected chi connectivity index (χ2v) is 8.06. The van der Waals surface area contributed by atoms with E-state index in [-0.39, 0.29) is 5.91 Å². The first-order valence-corrected chi connectivity index (χ1v) is 11.1. The van der Waals surface area contributed by atoms with E-state index in [0.717, 1.165) is 40.9 Å². The lowest BCUT2D eigenvalue weighted by atomic mass is 10.1. The van der Waals surface area contributed by atoms with Crippen LogP contribution in [-0.4, -0.2) is 47.8 Å². The van der Waals surface area contributed by atoms with Crippen LogP contribution in [0.25, 0.3) is 10.6 Å². The van der Waals surface area contributed by atoms with Gasteiger partial charge in [0.05, 0.1) is 12.8 Å².